The number of carbonyl (C=O) groups is 1. The molecule has 0 bridgehead atoms. The molecular weight excluding hydrogens is 229 g/mol. The molecule has 0 aromatic rings. The Balaban J connectivity index is 2.51. The summed E-state index contributed by atoms with van der Waals surface area (Å²) < 4.78 is 1.81. The Bertz CT molecular complexity index is 126. The summed E-state index contributed by atoms with van der Waals surface area (Å²) in [4.78, 5) is 10.9. The minimum atomic E-state index is 0.286. The van der Waals surface area contributed by atoms with Crippen molar-refractivity contribution < 1.29 is 4.79 Å². The lowest BCUT2D eigenvalue weighted by atomic mass is 10.1. The zero-order valence-electron chi connectivity index (χ0n) is 5.43. The monoisotopic (exact) mass is 239 g/mol. The van der Waals surface area contributed by atoms with Crippen LogP contribution in [-0.4, -0.2) is 15.1 Å². The van der Waals surface area contributed by atoms with E-state index in [2.05, 4.69) is 29.8 Å². The minimum Gasteiger partial charge on any atom is -0.282 e. The van der Waals surface area contributed by atoms with E-state index in [0.29, 0.717) is 6.04 Å². The molecule has 2 nitrogen and oxygen atoms in total. The fourth-order valence-corrected chi connectivity index (χ4v) is 1.53. The van der Waals surface area contributed by atoms with E-state index in [1.807, 2.05) is 0 Å². The number of piperidine rings is 1. The van der Waals surface area contributed by atoms with Crippen LogP contribution in [0.4, 0.5) is 0 Å². The normalized spacial score (nSPS) is 28.9. The van der Waals surface area contributed by atoms with Crippen LogP contribution in [0.5, 0.6) is 0 Å². The van der Waals surface area contributed by atoms with Gasteiger partial charge in [-0.05, 0) is 19.8 Å². The Labute approximate surface area is 69.1 Å². The molecule has 1 rings (SSSR count). The highest BCUT2D eigenvalue weighted by Crippen LogP contribution is 2.20. The van der Waals surface area contributed by atoms with Crippen molar-refractivity contribution in [3.8, 4) is 0 Å². The van der Waals surface area contributed by atoms with Gasteiger partial charge in [-0.25, -0.2) is 0 Å². The van der Waals surface area contributed by atoms with E-state index in [9.17, 15) is 4.79 Å². The number of amides is 1. The predicted octanol–water partition coefficient (Wildman–Crippen LogP) is 1.74. The highest BCUT2D eigenvalue weighted by molar-refractivity contribution is 14.1. The first-order chi connectivity index (χ1) is 4.22. The van der Waals surface area contributed by atoms with Gasteiger partial charge < -0.3 is 0 Å². The van der Waals surface area contributed by atoms with Gasteiger partial charge in [0.25, 0.3) is 0 Å². The summed E-state index contributed by atoms with van der Waals surface area (Å²) in [6, 6.07) is 0.451. The zero-order valence-corrected chi connectivity index (χ0v) is 7.59. The Morgan fingerprint density at radius 2 is 2.44 bits per heavy atom. The smallest absolute Gasteiger partial charge is 0.231 e. The van der Waals surface area contributed by atoms with E-state index in [1.54, 1.807) is 3.11 Å². The second kappa shape index (κ2) is 2.86. The molecule has 0 spiro atoms. The van der Waals surface area contributed by atoms with Crippen LogP contribution < -0.4 is 0 Å². The maximum Gasteiger partial charge on any atom is 0.231 e. The highest BCUT2D eigenvalue weighted by Gasteiger charge is 2.21. The van der Waals surface area contributed by atoms with Gasteiger partial charge in [0.15, 0.2) is 0 Å². The molecule has 1 atom stereocenters. The molecule has 0 saturated carbocycles. The molecule has 0 aromatic heterocycles. The molecule has 1 fully saturated rings. The third-order valence-corrected chi connectivity index (χ3v) is 3.13. The van der Waals surface area contributed by atoms with E-state index in [0.717, 1.165) is 19.3 Å². The van der Waals surface area contributed by atoms with Crippen LogP contribution in [0.2, 0.25) is 0 Å². The van der Waals surface area contributed by atoms with E-state index < -0.39 is 0 Å². The van der Waals surface area contributed by atoms with Crippen LogP contribution in [0.1, 0.15) is 26.2 Å². The van der Waals surface area contributed by atoms with Gasteiger partial charge >= 0.3 is 0 Å². The Morgan fingerprint density at radius 3 is 2.89 bits per heavy atom. The number of halogens is 1. The molecular formula is C6H10INO. The van der Waals surface area contributed by atoms with Gasteiger partial charge in [-0.2, -0.15) is 0 Å². The first-order valence-corrected chi connectivity index (χ1v) is 4.16. The van der Waals surface area contributed by atoms with Crippen LogP contribution in [0.15, 0.2) is 0 Å². The molecule has 1 saturated heterocycles. The van der Waals surface area contributed by atoms with Crippen LogP contribution >= 0.6 is 22.9 Å². The highest BCUT2D eigenvalue weighted by atomic mass is 127. The fraction of sp³-hybridized carbons (Fsp3) is 0.833. The van der Waals surface area contributed by atoms with Gasteiger partial charge in [-0.3, -0.25) is 7.91 Å². The lowest BCUT2D eigenvalue weighted by Gasteiger charge is -2.26. The van der Waals surface area contributed by atoms with Gasteiger partial charge in [0.05, 0.1) is 22.9 Å². The van der Waals surface area contributed by atoms with Crippen LogP contribution in [-0.2, 0) is 4.79 Å². The molecule has 1 amide bonds. The van der Waals surface area contributed by atoms with Gasteiger partial charge in [-0.15, -0.1) is 0 Å². The maximum atomic E-state index is 10.9. The summed E-state index contributed by atoms with van der Waals surface area (Å²) in [7, 11) is 0. The molecule has 0 aliphatic carbocycles. The van der Waals surface area contributed by atoms with Crippen LogP contribution in [0.3, 0.4) is 0 Å². The van der Waals surface area contributed by atoms with Gasteiger partial charge in [0, 0.05) is 12.5 Å². The van der Waals surface area contributed by atoms with Crippen molar-refractivity contribution >= 4 is 28.8 Å². The molecule has 9 heavy (non-hydrogen) atoms. The number of hydrogen-bond acceptors (Lipinski definition) is 1. The Kier molecular flexibility index (Phi) is 2.32. The molecule has 3 heteroatoms. The van der Waals surface area contributed by atoms with E-state index in [4.69, 9.17) is 0 Å². The standard InChI is InChI=1S/C6H10INO/c1-5-3-2-4-6(9)8(5)7/h5H,2-4H2,1H3. The zero-order chi connectivity index (χ0) is 6.85. The molecule has 1 unspecified atom stereocenters. The summed E-state index contributed by atoms with van der Waals surface area (Å²) in [5.74, 6) is 0.286. The average molecular weight is 239 g/mol. The quantitative estimate of drug-likeness (QED) is 0.465. The summed E-state index contributed by atoms with van der Waals surface area (Å²) in [6.45, 7) is 2.09. The summed E-state index contributed by atoms with van der Waals surface area (Å²) in [6.07, 6.45) is 2.97. The number of nitrogens with zero attached hydrogens (tertiary/aromatic N) is 1. The van der Waals surface area contributed by atoms with Crippen molar-refractivity contribution in [1.29, 1.82) is 0 Å². The first-order valence-electron chi connectivity index (χ1n) is 3.19. The summed E-state index contributed by atoms with van der Waals surface area (Å²) in [5.41, 5.74) is 0. The molecule has 1 aliphatic heterocycles. The molecule has 0 radical (unpaired) electrons. The van der Waals surface area contributed by atoms with E-state index >= 15 is 0 Å². The molecule has 1 heterocycles. The first kappa shape index (κ1) is 7.31. The average Bonchev–Trinajstić information content (AvgIpc) is 1.83. The summed E-state index contributed by atoms with van der Waals surface area (Å²) in [5, 5.41) is 0. The van der Waals surface area contributed by atoms with Crippen LogP contribution in [0.25, 0.3) is 0 Å². The SMILES string of the molecule is CC1CCCC(=O)N1I. The fourth-order valence-electron chi connectivity index (χ4n) is 1.01. The van der Waals surface area contributed by atoms with Crippen molar-refractivity contribution in [2.24, 2.45) is 0 Å². The molecule has 0 aromatic carbocycles. The van der Waals surface area contributed by atoms with Gasteiger partial charge in [0.1, 0.15) is 0 Å². The van der Waals surface area contributed by atoms with Gasteiger partial charge in [-0.1, -0.05) is 0 Å². The number of carbonyl (C=O) groups excluding carboxylic acids is 1. The molecule has 52 valence electrons. The summed E-state index contributed by atoms with van der Waals surface area (Å²) >= 11 is 2.09. The molecule has 0 N–H and O–H groups in total. The predicted molar refractivity (Wildman–Crippen MR) is 44.2 cm³/mol. The van der Waals surface area contributed by atoms with Crippen molar-refractivity contribution in [3.63, 3.8) is 0 Å². The van der Waals surface area contributed by atoms with E-state index in [1.165, 1.54) is 0 Å². The van der Waals surface area contributed by atoms with Crippen molar-refractivity contribution in [2.45, 2.75) is 32.2 Å². The largest absolute Gasteiger partial charge is 0.282 e. The van der Waals surface area contributed by atoms with Crippen LogP contribution in [0, 0.1) is 0 Å². The lowest BCUT2D eigenvalue weighted by Crippen LogP contribution is -2.33. The third-order valence-electron chi connectivity index (χ3n) is 1.64. The minimum absolute atomic E-state index is 0.286. The molecule has 1 aliphatic rings. The second-order valence-electron chi connectivity index (χ2n) is 2.45. The van der Waals surface area contributed by atoms with E-state index in [-0.39, 0.29) is 5.91 Å². The second-order valence-corrected chi connectivity index (χ2v) is 3.49. The van der Waals surface area contributed by atoms with Crippen molar-refractivity contribution in [1.82, 2.24) is 3.11 Å². The maximum absolute atomic E-state index is 10.9. The van der Waals surface area contributed by atoms with Gasteiger partial charge in [0.2, 0.25) is 5.91 Å². The third kappa shape index (κ3) is 1.56. The van der Waals surface area contributed by atoms with Crippen molar-refractivity contribution in [3.05, 3.63) is 0 Å². The Morgan fingerprint density at radius 1 is 1.78 bits per heavy atom. The Hall–Kier alpha value is 0.200. The number of rotatable bonds is 0. The lowest BCUT2D eigenvalue weighted by molar-refractivity contribution is -0.128. The van der Waals surface area contributed by atoms with Crippen molar-refractivity contribution in [2.75, 3.05) is 0 Å². The topological polar surface area (TPSA) is 20.3 Å². The number of hydrogen-bond donors (Lipinski definition) is 0.